The van der Waals surface area contributed by atoms with E-state index >= 15 is 0 Å². The lowest BCUT2D eigenvalue weighted by Gasteiger charge is -2.38. The number of hydrogen-bond donors (Lipinski definition) is 3. The number of methoxy groups -OCH3 is 1. The molecule has 3 N–H and O–H groups in total. The molecule has 0 saturated heterocycles. The summed E-state index contributed by atoms with van der Waals surface area (Å²) in [6, 6.07) is 5.16. The third-order valence-electron chi connectivity index (χ3n) is 7.66. The molecule has 212 valence electrons. The van der Waals surface area contributed by atoms with Crippen LogP contribution in [0.1, 0.15) is 61.5 Å². The van der Waals surface area contributed by atoms with E-state index < -0.39 is 11.4 Å². The van der Waals surface area contributed by atoms with Gasteiger partial charge in [0.25, 0.3) is 5.91 Å². The highest BCUT2D eigenvalue weighted by Gasteiger charge is 2.43. The highest BCUT2D eigenvalue weighted by Crippen LogP contribution is 2.41. The maximum absolute atomic E-state index is 13.5. The minimum Gasteiger partial charge on any atom is -0.368 e. The van der Waals surface area contributed by atoms with E-state index in [0.717, 1.165) is 23.1 Å². The van der Waals surface area contributed by atoms with Crippen molar-refractivity contribution < 1.29 is 13.9 Å². The molecule has 0 aromatic carbocycles. The summed E-state index contributed by atoms with van der Waals surface area (Å²) in [6.45, 7) is 3.82. The second-order valence-electron chi connectivity index (χ2n) is 10.4. The van der Waals surface area contributed by atoms with Crippen molar-refractivity contribution in [3.63, 3.8) is 0 Å². The third-order valence-corrected chi connectivity index (χ3v) is 7.66. The molecule has 5 aromatic heterocycles. The molecule has 1 aliphatic carbocycles. The van der Waals surface area contributed by atoms with Gasteiger partial charge in [0.1, 0.15) is 17.7 Å². The molecule has 5 heterocycles. The van der Waals surface area contributed by atoms with Gasteiger partial charge in [-0.25, -0.2) is 19.0 Å². The van der Waals surface area contributed by atoms with Crippen LogP contribution >= 0.6 is 0 Å². The molecular formula is C27H30FN11O2. The van der Waals surface area contributed by atoms with E-state index in [-0.39, 0.29) is 17.9 Å². The Morgan fingerprint density at radius 1 is 1.22 bits per heavy atom. The van der Waals surface area contributed by atoms with Gasteiger partial charge in [-0.2, -0.15) is 10.2 Å². The van der Waals surface area contributed by atoms with Crippen molar-refractivity contribution in [3.8, 4) is 5.82 Å². The quantitative estimate of drug-likeness (QED) is 0.259. The topological polar surface area (TPSA) is 153 Å². The van der Waals surface area contributed by atoms with E-state index in [1.807, 2.05) is 36.6 Å². The summed E-state index contributed by atoms with van der Waals surface area (Å²) in [5.74, 6) is 1.24. The molecule has 1 fully saturated rings. The van der Waals surface area contributed by atoms with Gasteiger partial charge in [0.2, 0.25) is 0 Å². The fourth-order valence-corrected chi connectivity index (χ4v) is 5.32. The molecule has 1 aliphatic rings. The van der Waals surface area contributed by atoms with Crippen molar-refractivity contribution in [2.75, 3.05) is 12.4 Å². The van der Waals surface area contributed by atoms with E-state index in [4.69, 9.17) is 9.72 Å². The Balaban J connectivity index is 1.14. The Kier molecular flexibility index (Phi) is 6.91. The van der Waals surface area contributed by atoms with Crippen LogP contribution < -0.4 is 10.6 Å². The number of carbonyl (C=O) groups excluding carboxylic acids is 1. The first-order chi connectivity index (χ1) is 19.8. The van der Waals surface area contributed by atoms with Gasteiger partial charge >= 0.3 is 0 Å². The average Bonchev–Trinajstić information content (AvgIpc) is 3.74. The lowest BCUT2D eigenvalue weighted by Crippen LogP contribution is -2.50. The van der Waals surface area contributed by atoms with E-state index in [9.17, 15) is 9.18 Å². The van der Waals surface area contributed by atoms with Gasteiger partial charge in [-0.1, -0.05) is 6.07 Å². The first-order valence-electron chi connectivity index (χ1n) is 13.4. The Labute approximate surface area is 234 Å². The normalized spacial score (nSPS) is 19.8. The number of fused-ring (bicyclic) bond motifs is 1. The Hall–Kier alpha value is -4.72. The zero-order valence-electron chi connectivity index (χ0n) is 22.9. The smallest absolute Gasteiger partial charge is 0.252 e. The van der Waals surface area contributed by atoms with Crippen molar-refractivity contribution in [3.05, 3.63) is 72.1 Å². The van der Waals surface area contributed by atoms with Crippen LogP contribution in [0.3, 0.4) is 0 Å². The number of nitrogens with zero attached hydrogens (tertiary/aromatic N) is 8. The van der Waals surface area contributed by atoms with Crippen molar-refractivity contribution in [2.24, 2.45) is 0 Å². The molecule has 41 heavy (non-hydrogen) atoms. The first kappa shape index (κ1) is 26.5. The van der Waals surface area contributed by atoms with Crippen LogP contribution in [0.15, 0.2) is 49.3 Å². The molecule has 5 aromatic rings. The summed E-state index contributed by atoms with van der Waals surface area (Å²) < 4.78 is 22.4. The zero-order chi connectivity index (χ0) is 28.6. The summed E-state index contributed by atoms with van der Waals surface area (Å²) in [6.07, 6.45) is 9.92. The Morgan fingerprint density at radius 3 is 2.71 bits per heavy atom. The highest BCUT2D eigenvalue weighted by atomic mass is 19.1. The first-order valence-corrected chi connectivity index (χ1v) is 13.4. The number of aromatic amines is 1. The molecule has 14 heteroatoms. The Bertz CT molecular complexity index is 1670. The minimum atomic E-state index is -0.961. The SMILES string of the molecule is CO[C@]1(C(=O)N[C@@H](C)c2ccc(-n3cc(F)cn3)nc2)CC[C@H](c2nc(Nc3cc(C)[nH]n3)cn3cnnc23)CC1. The number of aromatic nitrogens is 9. The van der Waals surface area contributed by atoms with Gasteiger partial charge in [0, 0.05) is 31.0 Å². The number of amides is 1. The number of nitrogens with one attached hydrogen (secondary N) is 3. The number of hydrogen-bond acceptors (Lipinski definition) is 9. The van der Waals surface area contributed by atoms with Crippen LogP contribution in [-0.4, -0.2) is 63.2 Å². The number of anilines is 2. The summed E-state index contributed by atoms with van der Waals surface area (Å²) in [5.41, 5.74) is 2.30. The number of H-pyrrole nitrogens is 1. The van der Waals surface area contributed by atoms with Gasteiger partial charge < -0.3 is 15.4 Å². The fourth-order valence-electron chi connectivity index (χ4n) is 5.32. The summed E-state index contributed by atoms with van der Waals surface area (Å²) in [7, 11) is 1.58. The predicted octanol–water partition coefficient (Wildman–Crippen LogP) is 3.54. The summed E-state index contributed by atoms with van der Waals surface area (Å²) >= 11 is 0. The van der Waals surface area contributed by atoms with Gasteiger partial charge in [0.05, 0.1) is 30.3 Å². The molecule has 0 spiro atoms. The van der Waals surface area contributed by atoms with Crippen molar-refractivity contribution >= 4 is 23.2 Å². The molecule has 0 radical (unpaired) electrons. The molecule has 0 aliphatic heterocycles. The maximum atomic E-state index is 13.5. The minimum absolute atomic E-state index is 0.0711. The lowest BCUT2D eigenvalue weighted by molar-refractivity contribution is -0.148. The van der Waals surface area contributed by atoms with E-state index in [1.54, 1.807) is 25.7 Å². The zero-order valence-corrected chi connectivity index (χ0v) is 22.9. The van der Waals surface area contributed by atoms with E-state index in [2.05, 4.69) is 41.1 Å². The molecule has 1 atom stereocenters. The summed E-state index contributed by atoms with van der Waals surface area (Å²) in [5, 5.41) is 25.8. The molecule has 0 unspecified atom stereocenters. The molecule has 13 nitrogen and oxygen atoms in total. The van der Waals surface area contributed by atoms with Gasteiger partial charge in [-0.15, -0.1) is 10.2 Å². The van der Waals surface area contributed by atoms with Crippen LogP contribution in [0.4, 0.5) is 16.0 Å². The van der Waals surface area contributed by atoms with Crippen molar-refractivity contribution in [2.45, 2.75) is 57.1 Å². The number of ether oxygens (including phenoxy) is 1. The number of halogens is 1. The number of pyridine rings is 1. The van der Waals surface area contributed by atoms with Crippen LogP contribution in [0.2, 0.25) is 0 Å². The van der Waals surface area contributed by atoms with Crippen molar-refractivity contribution in [1.82, 2.24) is 49.9 Å². The standard InChI is InChI=1S/C27H30FN11O2/c1-16-10-21(36-35-16)33-22-14-38-15-30-37-25(38)24(34-22)18-6-8-27(41-3,9-7-18)26(40)32-17(2)19-4-5-23(29-11-19)39-13-20(28)12-31-39/h4-5,10-15,17-18H,6-9H2,1-3H3,(H,32,40)(H2,33,35,36)/t17-,18-,27+/m0/s1. The maximum Gasteiger partial charge on any atom is 0.252 e. The second kappa shape index (κ2) is 10.7. The highest BCUT2D eigenvalue weighted by molar-refractivity contribution is 5.85. The van der Waals surface area contributed by atoms with Gasteiger partial charge in [-0.05, 0) is 51.2 Å². The number of rotatable bonds is 8. The van der Waals surface area contributed by atoms with E-state index in [0.29, 0.717) is 48.8 Å². The van der Waals surface area contributed by atoms with Crippen LogP contribution in [0.25, 0.3) is 11.5 Å². The predicted molar refractivity (Wildman–Crippen MR) is 146 cm³/mol. The van der Waals surface area contributed by atoms with Crippen LogP contribution in [0.5, 0.6) is 0 Å². The van der Waals surface area contributed by atoms with Crippen LogP contribution in [0, 0.1) is 12.7 Å². The average molecular weight is 560 g/mol. The largest absolute Gasteiger partial charge is 0.368 e. The molecular weight excluding hydrogens is 529 g/mol. The number of aryl methyl sites for hydroxylation is 1. The molecule has 1 saturated carbocycles. The molecule has 0 bridgehead atoms. The monoisotopic (exact) mass is 559 g/mol. The second-order valence-corrected chi connectivity index (χ2v) is 10.4. The van der Waals surface area contributed by atoms with Gasteiger partial charge in [0.15, 0.2) is 23.1 Å². The van der Waals surface area contributed by atoms with E-state index in [1.165, 1.54) is 10.9 Å². The molecule has 6 rings (SSSR count). The van der Waals surface area contributed by atoms with Gasteiger partial charge in [-0.3, -0.25) is 14.3 Å². The third kappa shape index (κ3) is 5.25. The van der Waals surface area contributed by atoms with Crippen molar-refractivity contribution in [1.29, 1.82) is 0 Å². The lowest BCUT2D eigenvalue weighted by atomic mass is 9.76. The summed E-state index contributed by atoms with van der Waals surface area (Å²) in [4.78, 5) is 22.8. The van der Waals surface area contributed by atoms with Crippen LogP contribution in [-0.2, 0) is 9.53 Å². The Morgan fingerprint density at radius 2 is 2.05 bits per heavy atom. The molecule has 1 amide bonds. The fraction of sp³-hybridized carbons (Fsp3) is 0.370. The number of carbonyl (C=O) groups is 1.